The second-order valence-corrected chi connectivity index (χ2v) is 7.02. The van der Waals surface area contributed by atoms with Crippen LogP contribution in [-0.2, 0) is 6.42 Å². The van der Waals surface area contributed by atoms with Crippen LogP contribution in [0.1, 0.15) is 52.6 Å². The zero-order valence-corrected chi connectivity index (χ0v) is 14.9. The molecule has 0 aliphatic carbocycles. The molecule has 2 aromatic rings. The van der Waals surface area contributed by atoms with Gasteiger partial charge in [0.2, 0.25) is 0 Å². The van der Waals surface area contributed by atoms with Crippen molar-refractivity contribution in [3.63, 3.8) is 0 Å². The summed E-state index contributed by atoms with van der Waals surface area (Å²) in [4.78, 5) is 17.6. The molecule has 3 N–H and O–H groups in total. The van der Waals surface area contributed by atoms with E-state index in [1.807, 2.05) is 39.0 Å². The minimum absolute atomic E-state index is 0.0731. The first-order valence-corrected chi connectivity index (χ1v) is 8.86. The lowest BCUT2D eigenvalue weighted by Crippen LogP contribution is -2.49. The van der Waals surface area contributed by atoms with Crippen LogP contribution in [0, 0.1) is 6.92 Å². The highest BCUT2D eigenvalue weighted by atomic mass is 32.1. The van der Waals surface area contributed by atoms with Gasteiger partial charge in [-0.2, -0.15) is 0 Å². The molecule has 0 fully saturated rings. The quantitative estimate of drug-likeness (QED) is 0.818. The fourth-order valence-corrected chi connectivity index (χ4v) is 3.36. The first kappa shape index (κ1) is 17.6. The number of hydrogen-bond donors (Lipinski definition) is 2. The Labute approximate surface area is 142 Å². The van der Waals surface area contributed by atoms with Gasteiger partial charge in [0.1, 0.15) is 4.88 Å². The van der Waals surface area contributed by atoms with Gasteiger partial charge < -0.3 is 11.1 Å². The van der Waals surface area contributed by atoms with E-state index in [9.17, 15) is 4.79 Å². The molecule has 1 heterocycles. The third-order valence-electron chi connectivity index (χ3n) is 4.25. The van der Waals surface area contributed by atoms with Gasteiger partial charge in [0, 0.05) is 18.5 Å². The van der Waals surface area contributed by atoms with Gasteiger partial charge in [0.25, 0.3) is 5.91 Å². The lowest BCUT2D eigenvalue weighted by molar-refractivity contribution is 0.0945. The predicted molar refractivity (Wildman–Crippen MR) is 95.9 cm³/mol. The van der Waals surface area contributed by atoms with Gasteiger partial charge in [-0.05, 0) is 25.3 Å². The summed E-state index contributed by atoms with van der Waals surface area (Å²) in [6, 6.07) is 10.2. The minimum atomic E-state index is -0.332. The molecule has 0 aliphatic rings. The zero-order valence-electron chi connectivity index (χ0n) is 14.1. The first-order chi connectivity index (χ1) is 11.0. The summed E-state index contributed by atoms with van der Waals surface area (Å²) in [5.74, 6) is -0.0731. The summed E-state index contributed by atoms with van der Waals surface area (Å²) in [5, 5.41) is 3.93. The molecule has 0 spiro atoms. The Kier molecular flexibility index (Phi) is 5.91. The molecule has 0 saturated carbocycles. The van der Waals surface area contributed by atoms with Crippen LogP contribution < -0.4 is 11.1 Å². The van der Waals surface area contributed by atoms with Gasteiger partial charge in [0.05, 0.1) is 10.7 Å². The highest BCUT2D eigenvalue weighted by Crippen LogP contribution is 2.21. The van der Waals surface area contributed by atoms with Crippen LogP contribution in [0.5, 0.6) is 0 Å². The van der Waals surface area contributed by atoms with Gasteiger partial charge in [-0.3, -0.25) is 4.79 Å². The number of nitrogens with zero attached hydrogens (tertiary/aromatic N) is 1. The number of rotatable bonds is 7. The van der Waals surface area contributed by atoms with E-state index in [0.717, 1.165) is 30.0 Å². The standard InChI is InChI=1S/C18H25N3OS/c1-4-18(19,5-2)12-20-17(22)16-13(3)21-15(23-16)11-14-9-7-6-8-10-14/h6-10H,4-5,11-12,19H2,1-3H3,(H,20,22). The molecule has 0 unspecified atom stereocenters. The SMILES string of the molecule is CCC(N)(CC)CNC(=O)c1sc(Cc2ccccc2)nc1C. The minimum Gasteiger partial charge on any atom is -0.349 e. The first-order valence-electron chi connectivity index (χ1n) is 8.04. The number of thiazole rings is 1. The fourth-order valence-electron chi connectivity index (χ4n) is 2.35. The van der Waals surface area contributed by atoms with Crippen LogP contribution >= 0.6 is 11.3 Å². The van der Waals surface area contributed by atoms with Gasteiger partial charge >= 0.3 is 0 Å². The second kappa shape index (κ2) is 7.70. The smallest absolute Gasteiger partial charge is 0.263 e. The Morgan fingerprint density at radius 2 is 1.91 bits per heavy atom. The normalized spacial score (nSPS) is 11.5. The number of nitrogens with two attached hydrogens (primary N) is 1. The van der Waals surface area contributed by atoms with E-state index in [4.69, 9.17) is 5.73 Å². The lowest BCUT2D eigenvalue weighted by atomic mass is 9.94. The molecule has 0 bridgehead atoms. The van der Waals surface area contributed by atoms with Crippen molar-refractivity contribution in [3.05, 3.63) is 51.5 Å². The highest BCUT2D eigenvalue weighted by molar-refractivity contribution is 7.13. The van der Waals surface area contributed by atoms with Gasteiger partial charge in [-0.15, -0.1) is 11.3 Å². The summed E-state index contributed by atoms with van der Waals surface area (Å²) in [6.45, 7) is 6.47. The number of aryl methyl sites for hydroxylation is 1. The van der Waals surface area contributed by atoms with Crippen molar-refractivity contribution < 1.29 is 4.79 Å². The van der Waals surface area contributed by atoms with Crippen molar-refractivity contribution >= 4 is 17.2 Å². The number of nitrogens with one attached hydrogen (secondary N) is 1. The molecule has 1 aromatic heterocycles. The molecule has 4 nitrogen and oxygen atoms in total. The summed E-state index contributed by atoms with van der Waals surface area (Å²) in [7, 11) is 0. The topological polar surface area (TPSA) is 68.0 Å². The summed E-state index contributed by atoms with van der Waals surface area (Å²) in [5.41, 5.74) is 7.90. The Bertz CT molecular complexity index is 648. The van der Waals surface area contributed by atoms with E-state index < -0.39 is 0 Å². The maximum absolute atomic E-state index is 12.4. The van der Waals surface area contributed by atoms with Crippen molar-refractivity contribution in [1.29, 1.82) is 0 Å². The molecule has 1 aromatic carbocycles. The second-order valence-electron chi connectivity index (χ2n) is 5.94. The van der Waals surface area contributed by atoms with E-state index in [0.29, 0.717) is 11.4 Å². The van der Waals surface area contributed by atoms with Crippen LogP contribution in [0.25, 0.3) is 0 Å². The molecule has 23 heavy (non-hydrogen) atoms. The molecular weight excluding hydrogens is 306 g/mol. The fraction of sp³-hybridized carbons (Fsp3) is 0.444. The zero-order chi connectivity index (χ0) is 16.9. The lowest BCUT2D eigenvalue weighted by Gasteiger charge is -2.26. The van der Waals surface area contributed by atoms with E-state index in [-0.39, 0.29) is 11.4 Å². The molecule has 124 valence electrons. The van der Waals surface area contributed by atoms with Crippen molar-refractivity contribution in [2.45, 2.75) is 45.6 Å². The molecule has 0 aliphatic heterocycles. The molecule has 0 saturated heterocycles. The number of benzene rings is 1. The van der Waals surface area contributed by atoms with Crippen molar-refractivity contribution in [2.75, 3.05) is 6.54 Å². The van der Waals surface area contributed by atoms with E-state index in [1.54, 1.807) is 0 Å². The highest BCUT2D eigenvalue weighted by Gasteiger charge is 2.23. The number of hydrogen-bond acceptors (Lipinski definition) is 4. The molecule has 0 radical (unpaired) electrons. The third kappa shape index (κ3) is 4.62. The number of amides is 1. The monoisotopic (exact) mass is 331 g/mol. The third-order valence-corrected chi connectivity index (χ3v) is 5.41. The molecule has 2 rings (SSSR count). The van der Waals surface area contributed by atoms with Gasteiger partial charge in [-0.1, -0.05) is 44.2 Å². The van der Waals surface area contributed by atoms with Crippen molar-refractivity contribution in [3.8, 4) is 0 Å². The summed E-state index contributed by atoms with van der Waals surface area (Å²) < 4.78 is 0. The largest absolute Gasteiger partial charge is 0.349 e. The maximum Gasteiger partial charge on any atom is 0.263 e. The van der Waals surface area contributed by atoms with Crippen molar-refractivity contribution in [2.24, 2.45) is 5.73 Å². The molecule has 1 amide bonds. The van der Waals surface area contributed by atoms with E-state index >= 15 is 0 Å². The Hall–Kier alpha value is -1.72. The van der Waals surface area contributed by atoms with Crippen LogP contribution in [0.3, 0.4) is 0 Å². The Balaban J connectivity index is 2.04. The molecular formula is C18H25N3OS. The number of aromatic nitrogens is 1. The Morgan fingerprint density at radius 3 is 2.52 bits per heavy atom. The maximum atomic E-state index is 12.4. The molecule has 5 heteroatoms. The molecule has 0 atom stereocenters. The Morgan fingerprint density at radius 1 is 1.26 bits per heavy atom. The van der Waals surface area contributed by atoms with E-state index in [2.05, 4.69) is 22.4 Å². The average molecular weight is 331 g/mol. The number of carbonyl (C=O) groups excluding carboxylic acids is 1. The summed E-state index contributed by atoms with van der Waals surface area (Å²) in [6.07, 6.45) is 2.43. The van der Waals surface area contributed by atoms with Crippen LogP contribution in [0.15, 0.2) is 30.3 Å². The van der Waals surface area contributed by atoms with Gasteiger partial charge in [-0.25, -0.2) is 4.98 Å². The van der Waals surface area contributed by atoms with Crippen LogP contribution in [0.2, 0.25) is 0 Å². The van der Waals surface area contributed by atoms with Crippen molar-refractivity contribution in [1.82, 2.24) is 10.3 Å². The van der Waals surface area contributed by atoms with Crippen LogP contribution in [-0.4, -0.2) is 23.0 Å². The number of carbonyl (C=O) groups is 1. The van der Waals surface area contributed by atoms with Crippen LogP contribution in [0.4, 0.5) is 0 Å². The summed E-state index contributed by atoms with van der Waals surface area (Å²) >= 11 is 1.46. The van der Waals surface area contributed by atoms with Gasteiger partial charge in [0.15, 0.2) is 0 Å². The van der Waals surface area contributed by atoms with E-state index in [1.165, 1.54) is 16.9 Å². The average Bonchev–Trinajstić information content (AvgIpc) is 2.93. The predicted octanol–water partition coefficient (Wildman–Crippen LogP) is 3.29.